The summed E-state index contributed by atoms with van der Waals surface area (Å²) in [4.78, 5) is 23.0. The molecule has 0 amide bonds. The van der Waals surface area contributed by atoms with Crippen LogP contribution in [0.4, 0.5) is 0 Å². The van der Waals surface area contributed by atoms with E-state index in [1.807, 2.05) is 0 Å². The maximum atomic E-state index is 9.10. The van der Waals surface area contributed by atoms with Crippen LogP contribution in [-0.2, 0) is 14.3 Å². The van der Waals surface area contributed by atoms with Gasteiger partial charge in [-0.1, -0.05) is 12.1 Å². The number of carbonyl (C=O) groups is 2. The minimum atomic E-state index is -1.82. The summed E-state index contributed by atoms with van der Waals surface area (Å²) in [5.74, 6) is -2.68. The van der Waals surface area contributed by atoms with Crippen LogP contribution in [0.25, 0.3) is 0 Å². The molecule has 0 aromatic heterocycles. The van der Waals surface area contributed by atoms with E-state index in [1.54, 1.807) is 0 Å². The van der Waals surface area contributed by atoms with Crippen LogP contribution in [0.15, 0.2) is 18.2 Å². The minimum absolute atomic E-state index is 0.618. The highest BCUT2D eigenvalue weighted by atomic mass is 16.5. The van der Waals surface area contributed by atoms with E-state index in [-0.39, 0.29) is 0 Å². The van der Waals surface area contributed by atoms with Gasteiger partial charge in [0.2, 0.25) is 0 Å². The smallest absolute Gasteiger partial charge is 0.414 e. The molecule has 1 saturated heterocycles. The molecule has 0 bridgehead atoms. The highest BCUT2D eigenvalue weighted by Gasteiger charge is 2.12. The lowest BCUT2D eigenvalue weighted by Crippen LogP contribution is -2.45. The highest BCUT2D eigenvalue weighted by Crippen LogP contribution is 2.18. The third-order valence-corrected chi connectivity index (χ3v) is 4.16. The van der Waals surface area contributed by atoms with Gasteiger partial charge in [-0.05, 0) is 38.1 Å². The van der Waals surface area contributed by atoms with Crippen LogP contribution < -0.4 is 4.74 Å². The molecule has 1 aliphatic heterocycles. The second-order valence-corrected chi connectivity index (χ2v) is 6.49. The number of carboxylic acid groups (broad SMARTS) is 2. The molecular formula is C19H30N2O6. The molecule has 0 radical (unpaired) electrons. The first-order valence-corrected chi connectivity index (χ1v) is 8.94. The maximum absolute atomic E-state index is 9.10. The number of carboxylic acids is 2. The van der Waals surface area contributed by atoms with Gasteiger partial charge in [0.1, 0.15) is 12.4 Å². The normalized spacial score (nSPS) is 14.9. The van der Waals surface area contributed by atoms with Gasteiger partial charge in [0.15, 0.2) is 0 Å². The Labute approximate surface area is 160 Å². The molecule has 2 rings (SSSR count). The van der Waals surface area contributed by atoms with Crippen molar-refractivity contribution in [3.63, 3.8) is 0 Å². The molecule has 0 unspecified atom stereocenters. The third kappa shape index (κ3) is 9.93. The summed E-state index contributed by atoms with van der Waals surface area (Å²) in [6, 6.07) is 6.28. The Kier molecular flexibility index (Phi) is 10.4. The number of nitrogens with zero attached hydrogens (tertiary/aromatic N) is 2. The monoisotopic (exact) mass is 382 g/mol. The van der Waals surface area contributed by atoms with Crippen LogP contribution in [0.1, 0.15) is 11.1 Å². The molecule has 1 fully saturated rings. The minimum Gasteiger partial charge on any atom is -0.491 e. The molecule has 8 nitrogen and oxygen atoms in total. The molecule has 1 aromatic rings. The first kappa shape index (κ1) is 22.9. The number of hydrogen-bond acceptors (Lipinski definition) is 6. The van der Waals surface area contributed by atoms with E-state index in [0.717, 1.165) is 45.1 Å². The summed E-state index contributed by atoms with van der Waals surface area (Å²) in [7, 11) is 2.18. The molecule has 1 aliphatic rings. The Morgan fingerprint density at radius 3 is 2.22 bits per heavy atom. The number of piperazine rings is 1. The lowest BCUT2D eigenvalue weighted by atomic mass is 10.1. The summed E-state index contributed by atoms with van der Waals surface area (Å²) in [5, 5.41) is 14.8. The fourth-order valence-electron chi connectivity index (χ4n) is 2.44. The summed E-state index contributed by atoms with van der Waals surface area (Å²) in [6.45, 7) is 11.9. The van der Waals surface area contributed by atoms with Crippen LogP contribution in [0, 0.1) is 13.8 Å². The van der Waals surface area contributed by atoms with Gasteiger partial charge >= 0.3 is 11.9 Å². The van der Waals surface area contributed by atoms with Gasteiger partial charge in [-0.15, -0.1) is 0 Å². The molecule has 0 aliphatic carbocycles. The molecule has 27 heavy (non-hydrogen) atoms. The average Bonchev–Trinajstić information content (AvgIpc) is 2.62. The highest BCUT2D eigenvalue weighted by molar-refractivity contribution is 6.27. The quantitative estimate of drug-likeness (QED) is 0.534. The zero-order chi connectivity index (χ0) is 20.2. The number of rotatable bonds is 7. The number of aryl methyl sites for hydroxylation is 2. The fraction of sp³-hybridized carbons (Fsp3) is 0.579. The van der Waals surface area contributed by atoms with Gasteiger partial charge in [0, 0.05) is 32.7 Å². The van der Waals surface area contributed by atoms with E-state index >= 15 is 0 Å². The molecule has 8 heteroatoms. The van der Waals surface area contributed by atoms with Crippen molar-refractivity contribution in [2.45, 2.75) is 13.8 Å². The largest absolute Gasteiger partial charge is 0.491 e. The zero-order valence-corrected chi connectivity index (χ0v) is 16.3. The van der Waals surface area contributed by atoms with Crippen molar-refractivity contribution in [3.05, 3.63) is 29.3 Å². The first-order valence-electron chi connectivity index (χ1n) is 8.94. The Hall–Kier alpha value is -2.16. The molecule has 0 spiro atoms. The van der Waals surface area contributed by atoms with Crippen molar-refractivity contribution in [3.8, 4) is 5.75 Å². The molecular weight excluding hydrogens is 352 g/mol. The number of benzene rings is 1. The number of aliphatic carboxylic acids is 2. The fourth-order valence-corrected chi connectivity index (χ4v) is 2.44. The van der Waals surface area contributed by atoms with E-state index in [1.165, 1.54) is 11.1 Å². The topological polar surface area (TPSA) is 99.5 Å². The van der Waals surface area contributed by atoms with Crippen molar-refractivity contribution in [1.29, 1.82) is 0 Å². The lowest BCUT2D eigenvalue weighted by molar-refractivity contribution is -0.159. The Morgan fingerprint density at radius 1 is 1.00 bits per heavy atom. The predicted octanol–water partition coefficient (Wildman–Crippen LogP) is 1.10. The Morgan fingerprint density at radius 2 is 1.63 bits per heavy atom. The van der Waals surface area contributed by atoms with Gasteiger partial charge in [0.05, 0.1) is 13.2 Å². The SMILES string of the molecule is Cc1ccc(C)c(OCCOCCN2CCN(C)CC2)c1.O=C(O)C(=O)O. The predicted molar refractivity (Wildman–Crippen MR) is 101 cm³/mol. The Balaban J connectivity index is 0.000000527. The van der Waals surface area contributed by atoms with E-state index in [0.29, 0.717) is 13.2 Å². The number of ether oxygens (including phenoxy) is 2. The van der Waals surface area contributed by atoms with Crippen molar-refractivity contribution >= 4 is 11.9 Å². The zero-order valence-electron chi connectivity index (χ0n) is 16.3. The first-order chi connectivity index (χ1) is 12.8. The van der Waals surface area contributed by atoms with Crippen LogP contribution in [0.5, 0.6) is 5.75 Å². The van der Waals surface area contributed by atoms with E-state index in [2.05, 4.69) is 48.9 Å². The van der Waals surface area contributed by atoms with Crippen molar-refractivity contribution < 1.29 is 29.3 Å². The van der Waals surface area contributed by atoms with Crippen LogP contribution in [0.3, 0.4) is 0 Å². The molecule has 1 heterocycles. The Bertz CT molecular complexity index is 588. The summed E-state index contributed by atoms with van der Waals surface area (Å²) in [5.41, 5.74) is 2.41. The van der Waals surface area contributed by atoms with Crippen molar-refractivity contribution in [1.82, 2.24) is 9.80 Å². The average molecular weight is 382 g/mol. The summed E-state index contributed by atoms with van der Waals surface area (Å²) in [6.07, 6.45) is 0. The van der Waals surface area contributed by atoms with Crippen molar-refractivity contribution in [2.24, 2.45) is 0 Å². The van der Waals surface area contributed by atoms with Gasteiger partial charge in [-0.3, -0.25) is 4.90 Å². The van der Waals surface area contributed by atoms with Crippen LogP contribution in [-0.4, -0.2) is 91.5 Å². The molecule has 0 atom stereocenters. The second kappa shape index (κ2) is 12.3. The molecule has 0 saturated carbocycles. The molecule has 2 N–H and O–H groups in total. The van der Waals surface area contributed by atoms with Gasteiger partial charge < -0.3 is 24.6 Å². The van der Waals surface area contributed by atoms with Crippen LogP contribution in [0.2, 0.25) is 0 Å². The maximum Gasteiger partial charge on any atom is 0.414 e. The lowest BCUT2D eigenvalue weighted by Gasteiger charge is -2.32. The summed E-state index contributed by atoms with van der Waals surface area (Å²) >= 11 is 0. The molecule has 152 valence electrons. The number of likely N-dealkylation sites (N-methyl/N-ethyl adjacent to an activating group) is 1. The third-order valence-electron chi connectivity index (χ3n) is 4.16. The van der Waals surface area contributed by atoms with Gasteiger partial charge in [-0.25, -0.2) is 9.59 Å². The standard InChI is InChI=1S/C17H28N2O2.C2H2O4/c1-15-4-5-16(2)17(14-15)21-13-12-20-11-10-19-8-6-18(3)7-9-19;3-1(4)2(5)6/h4-5,14H,6-13H2,1-3H3;(H,3,4)(H,5,6). The van der Waals surface area contributed by atoms with Crippen LogP contribution >= 0.6 is 0 Å². The number of hydrogen-bond donors (Lipinski definition) is 2. The molecule has 1 aromatic carbocycles. The summed E-state index contributed by atoms with van der Waals surface area (Å²) < 4.78 is 11.5. The van der Waals surface area contributed by atoms with Gasteiger partial charge in [-0.2, -0.15) is 0 Å². The van der Waals surface area contributed by atoms with Crippen molar-refractivity contribution in [2.75, 3.05) is 59.6 Å². The second-order valence-electron chi connectivity index (χ2n) is 6.49. The van der Waals surface area contributed by atoms with E-state index in [4.69, 9.17) is 29.3 Å². The van der Waals surface area contributed by atoms with E-state index in [9.17, 15) is 0 Å². The van der Waals surface area contributed by atoms with Gasteiger partial charge in [0.25, 0.3) is 0 Å². The van der Waals surface area contributed by atoms with E-state index < -0.39 is 11.9 Å².